The average molecular weight is 437 g/mol. The minimum absolute atomic E-state index is 0.0755. The van der Waals surface area contributed by atoms with Crippen molar-refractivity contribution in [3.63, 3.8) is 0 Å². The molecule has 0 aliphatic rings. The first-order chi connectivity index (χ1) is 15.5. The predicted molar refractivity (Wildman–Crippen MR) is 131 cm³/mol. The largest absolute Gasteiger partial charge is 0.493 e. The zero-order valence-corrected chi connectivity index (χ0v) is 19.8. The molecule has 0 radical (unpaired) electrons. The molecule has 1 atom stereocenters. The van der Waals surface area contributed by atoms with Crippen molar-refractivity contribution in [1.82, 2.24) is 10.3 Å². The third-order valence-electron chi connectivity index (χ3n) is 5.94. The lowest BCUT2D eigenvalue weighted by molar-refractivity contribution is -0.121. The molecule has 1 heterocycles. The monoisotopic (exact) mass is 436 g/mol. The van der Waals surface area contributed by atoms with Crippen LogP contribution in [-0.2, 0) is 11.3 Å². The number of hydrogen-bond acceptors (Lipinski definition) is 3. The number of benzene rings is 2. The molecule has 3 aromatic rings. The van der Waals surface area contributed by atoms with Crippen LogP contribution in [0.2, 0.25) is 0 Å². The van der Waals surface area contributed by atoms with E-state index in [1.165, 1.54) is 12.0 Å². The van der Waals surface area contributed by atoms with Crippen molar-refractivity contribution in [3.8, 4) is 11.5 Å². The minimum atomic E-state index is 0.0755. The van der Waals surface area contributed by atoms with Crippen LogP contribution in [0.25, 0.3) is 10.9 Å². The Labute approximate surface area is 191 Å². The number of unbranched alkanes of at least 4 members (excludes halogenated alkanes) is 2. The maximum absolute atomic E-state index is 12.5. The van der Waals surface area contributed by atoms with E-state index in [2.05, 4.69) is 61.4 Å². The van der Waals surface area contributed by atoms with Crippen LogP contribution in [0.4, 0.5) is 0 Å². The topological polar surface area (TPSA) is 63.3 Å². The van der Waals surface area contributed by atoms with Gasteiger partial charge in [-0.1, -0.05) is 38.8 Å². The summed E-state index contributed by atoms with van der Waals surface area (Å²) in [6, 6.07) is 12.4. The van der Waals surface area contributed by atoms with E-state index in [1.807, 2.05) is 12.3 Å². The number of rotatable bonds is 12. The fourth-order valence-corrected chi connectivity index (χ4v) is 3.99. The van der Waals surface area contributed by atoms with Crippen LogP contribution in [0.1, 0.15) is 68.6 Å². The number of amides is 1. The van der Waals surface area contributed by atoms with Gasteiger partial charge in [0, 0.05) is 30.1 Å². The van der Waals surface area contributed by atoms with Gasteiger partial charge in [-0.3, -0.25) is 4.79 Å². The van der Waals surface area contributed by atoms with E-state index >= 15 is 0 Å². The number of carbonyl (C=O) groups excluding carboxylic acids is 1. The Morgan fingerprint density at radius 1 is 1.12 bits per heavy atom. The fourth-order valence-electron chi connectivity index (χ4n) is 3.99. The lowest BCUT2D eigenvalue weighted by atomic mass is 9.95. The van der Waals surface area contributed by atoms with Gasteiger partial charge >= 0.3 is 0 Å². The summed E-state index contributed by atoms with van der Waals surface area (Å²) in [6.07, 6.45) is 6.57. The summed E-state index contributed by atoms with van der Waals surface area (Å²) in [7, 11) is 1.66. The lowest BCUT2D eigenvalue weighted by Crippen LogP contribution is -2.23. The molecule has 0 aliphatic heterocycles. The highest BCUT2D eigenvalue weighted by Crippen LogP contribution is 2.32. The molecule has 1 aromatic heterocycles. The number of methoxy groups -OCH3 is 1. The number of aryl methyl sites for hydroxylation is 1. The van der Waals surface area contributed by atoms with Crippen molar-refractivity contribution in [1.29, 1.82) is 0 Å². The van der Waals surface area contributed by atoms with Crippen LogP contribution in [0, 0.1) is 6.92 Å². The first kappa shape index (κ1) is 23.7. The number of aromatic nitrogens is 1. The summed E-state index contributed by atoms with van der Waals surface area (Å²) < 4.78 is 11.4. The van der Waals surface area contributed by atoms with Crippen LogP contribution in [0.5, 0.6) is 11.5 Å². The Kier molecular flexibility index (Phi) is 8.60. The average Bonchev–Trinajstić information content (AvgIpc) is 3.27. The van der Waals surface area contributed by atoms with Gasteiger partial charge < -0.3 is 19.8 Å². The molecule has 5 heteroatoms. The molecule has 1 amide bonds. The van der Waals surface area contributed by atoms with E-state index in [4.69, 9.17) is 9.47 Å². The van der Waals surface area contributed by atoms with Crippen LogP contribution < -0.4 is 14.8 Å². The molecule has 172 valence electrons. The number of carbonyl (C=O) groups is 1. The highest BCUT2D eigenvalue weighted by Gasteiger charge is 2.13. The van der Waals surface area contributed by atoms with E-state index in [9.17, 15) is 4.79 Å². The predicted octanol–water partition coefficient (Wildman–Crippen LogP) is 6.25. The number of ether oxygens (including phenoxy) is 2. The van der Waals surface area contributed by atoms with Gasteiger partial charge in [0.05, 0.1) is 13.7 Å². The summed E-state index contributed by atoms with van der Waals surface area (Å²) in [4.78, 5) is 15.8. The fraction of sp³-hybridized carbons (Fsp3) is 0.444. The van der Waals surface area contributed by atoms with Gasteiger partial charge in [-0.05, 0) is 66.6 Å². The molecule has 0 fully saturated rings. The van der Waals surface area contributed by atoms with Crippen molar-refractivity contribution in [2.45, 2.75) is 65.3 Å². The van der Waals surface area contributed by atoms with Crippen LogP contribution in [0.3, 0.4) is 0 Å². The zero-order valence-electron chi connectivity index (χ0n) is 19.8. The van der Waals surface area contributed by atoms with Crippen molar-refractivity contribution in [2.24, 2.45) is 0 Å². The number of hydrogen-bond donors (Lipinski definition) is 2. The molecule has 32 heavy (non-hydrogen) atoms. The summed E-state index contributed by atoms with van der Waals surface area (Å²) >= 11 is 0. The van der Waals surface area contributed by atoms with E-state index in [0.717, 1.165) is 52.8 Å². The van der Waals surface area contributed by atoms with Gasteiger partial charge in [0.25, 0.3) is 0 Å². The number of aromatic amines is 1. The molecule has 0 spiro atoms. The number of nitrogens with one attached hydrogen (secondary N) is 2. The lowest BCUT2D eigenvalue weighted by Gasteiger charge is -2.16. The Bertz CT molecular complexity index is 1020. The molecule has 2 aromatic carbocycles. The molecular weight excluding hydrogens is 400 g/mol. The molecular formula is C27H36N2O3. The van der Waals surface area contributed by atoms with Gasteiger partial charge in [-0.25, -0.2) is 0 Å². The molecule has 0 bridgehead atoms. The van der Waals surface area contributed by atoms with E-state index < -0.39 is 0 Å². The second kappa shape index (κ2) is 11.6. The van der Waals surface area contributed by atoms with E-state index in [0.29, 0.717) is 19.6 Å². The summed E-state index contributed by atoms with van der Waals surface area (Å²) in [5, 5.41) is 4.25. The Morgan fingerprint density at radius 2 is 1.97 bits per heavy atom. The Hall–Kier alpha value is -2.95. The highest BCUT2D eigenvalue weighted by molar-refractivity contribution is 5.84. The molecule has 3 rings (SSSR count). The first-order valence-corrected chi connectivity index (χ1v) is 11.7. The van der Waals surface area contributed by atoms with Crippen LogP contribution >= 0.6 is 0 Å². The number of fused-ring (bicyclic) bond motifs is 1. The van der Waals surface area contributed by atoms with E-state index in [-0.39, 0.29) is 11.8 Å². The summed E-state index contributed by atoms with van der Waals surface area (Å²) in [5.74, 6) is 1.86. The summed E-state index contributed by atoms with van der Waals surface area (Å²) in [6.45, 7) is 7.64. The van der Waals surface area contributed by atoms with Crippen molar-refractivity contribution in [3.05, 3.63) is 59.3 Å². The van der Waals surface area contributed by atoms with Gasteiger partial charge in [0.15, 0.2) is 11.5 Å². The molecule has 2 N–H and O–H groups in total. The van der Waals surface area contributed by atoms with Gasteiger partial charge in [-0.15, -0.1) is 0 Å². The van der Waals surface area contributed by atoms with Crippen molar-refractivity contribution in [2.75, 3.05) is 13.7 Å². The molecule has 5 nitrogen and oxygen atoms in total. The molecule has 0 saturated carbocycles. The molecule has 0 aliphatic carbocycles. The van der Waals surface area contributed by atoms with E-state index in [1.54, 1.807) is 7.11 Å². The second-order valence-corrected chi connectivity index (χ2v) is 8.55. The zero-order chi connectivity index (χ0) is 22.9. The van der Waals surface area contributed by atoms with Gasteiger partial charge in [0.2, 0.25) is 5.91 Å². The van der Waals surface area contributed by atoms with Gasteiger partial charge in [0.1, 0.15) is 0 Å². The normalized spacial score (nSPS) is 12.0. The Balaban J connectivity index is 1.53. The summed E-state index contributed by atoms with van der Waals surface area (Å²) in [5.41, 5.74) is 4.60. The SMILES string of the molecule is CCCCCOc1cc([C@@H](C)CCC(=O)NCc2cc(C)cc3[nH]ccc23)ccc1OC. The standard InChI is InChI=1S/C27H36N2O3/c1-5-6-7-14-32-26-17-21(9-10-25(26)31-4)20(3)8-11-27(30)29-18-22-15-19(2)16-24-23(22)12-13-28-24/h9-10,12-13,15-17,20,28H,5-8,11,14,18H2,1-4H3,(H,29,30)/t20-/m0/s1. The van der Waals surface area contributed by atoms with Gasteiger partial charge in [-0.2, -0.15) is 0 Å². The number of H-pyrrole nitrogens is 1. The minimum Gasteiger partial charge on any atom is -0.493 e. The molecule has 0 unspecified atom stereocenters. The first-order valence-electron chi connectivity index (χ1n) is 11.7. The van der Waals surface area contributed by atoms with Crippen molar-refractivity contribution < 1.29 is 14.3 Å². The van der Waals surface area contributed by atoms with Crippen LogP contribution in [-0.4, -0.2) is 24.6 Å². The van der Waals surface area contributed by atoms with Crippen molar-refractivity contribution >= 4 is 16.8 Å². The third-order valence-corrected chi connectivity index (χ3v) is 5.94. The maximum atomic E-state index is 12.5. The maximum Gasteiger partial charge on any atom is 0.220 e. The Morgan fingerprint density at radius 3 is 2.75 bits per heavy atom. The quantitative estimate of drug-likeness (QED) is 0.330. The van der Waals surface area contributed by atoms with Crippen LogP contribution in [0.15, 0.2) is 42.6 Å². The third kappa shape index (κ3) is 6.28. The second-order valence-electron chi connectivity index (χ2n) is 8.55. The molecule has 0 saturated heterocycles. The highest BCUT2D eigenvalue weighted by atomic mass is 16.5. The smallest absolute Gasteiger partial charge is 0.220 e.